The van der Waals surface area contributed by atoms with Crippen LogP contribution >= 0.6 is 22.9 Å². The maximum Gasteiger partial charge on any atom is 0.271 e. The molecule has 0 atom stereocenters. The van der Waals surface area contributed by atoms with E-state index in [1.807, 2.05) is 13.8 Å². The SMILES string of the molecule is CCCn1nc(-n2cnnc2)c(NS(=O)(=O)c2ccc(Cl)s2)c1C. The maximum absolute atomic E-state index is 12.6. The number of hydrogen-bond donors (Lipinski definition) is 1. The zero-order valence-electron chi connectivity index (χ0n) is 13.0. The van der Waals surface area contributed by atoms with E-state index in [1.165, 1.54) is 18.7 Å². The van der Waals surface area contributed by atoms with Gasteiger partial charge in [0, 0.05) is 6.54 Å². The van der Waals surface area contributed by atoms with Gasteiger partial charge in [-0.25, -0.2) is 8.42 Å². The molecule has 0 amide bonds. The zero-order chi connectivity index (χ0) is 17.3. The third-order valence-electron chi connectivity index (χ3n) is 3.34. The van der Waals surface area contributed by atoms with Crippen molar-refractivity contribution in [3.8, 4) is 5.82 Å². The van der Waals surface area contributed by atoms with Crippen LogP contribution in [0.5, 0.6) is 0 Å². The molecule has 8 nitrogen and oxygen atoms in total. The van der Waals surface area contributed by atoms with Crippen LogP contribution in [0.1, 0.15) is 19.0 Å². The predicted octanol–water partition coefficient (Wildman–Crippen LogP) is 2.70. The molecule has 0 aliphatic rings. The third kappa shape index (κ3) is 3.17. The number of anilines is 1. The van der Waals surface area contributed by atoms with E-state index < -0.39 is 10.0 Å². The molecule has 128 valence electrons. The summed E-state index contributed by atoms with van der Waals surface area (Å²) in [5.41, 5.74) is 1.11. The first-order chi connectivity index (χ1) is 11.4. The van der Waals surface area contributed by atoms with Crippen molar-refractivity contribution < 1.29 is 8.42 Å². The maximum atomic E-state index is 12.6. The van der Waals surface area contributed by atoms with Crippen molar-refractivity contribution in [2.45, 2.75) is 31.0 Å². The lowest BCUT2D eigenvalue weighted by atomic mass is 10.3. The summed E-state index contributed by atoms with van der Waals surface area (Å²) in [6.45, 7) is 4.51. The summed E-state index contributed by atoms with van der Waals surface area (Å²) in [5, 5.41) is 12.0. The fraction of sp³-hybridized carbons (Fsp3) is 0.308. The minimum atomic E-state index is -3.75. The van der Waals surface area contributed by atoms with E-state index in [0.29, 0.717) is 28.1 Å². The Morgan fingerprint density at radius 2 is 2.00 bits per heavy atom. The van der Waals surface area contributed by atoms with Gasteiger partial charge in [0.1, 0.15) is 22.6 Å². The van der Waals surface area contributed by atoms with E-state index in [2.05, 4.69) is 20.0 Å². The van der Waals surface area contributed by atoms with E-state index in [1.54, 1.807) is 15.3 Å². The zero-order valence-corrected chi connectivity index (χ0v) is 15.4. The molecule has 11 heteroatoms. The average Bonchev–Trinajstić information content (AvgIpc) is 3.24. The topological polar surface area (TPSA) is 94.7 Å². The summed E-state index contributed by atoms with van der Waals surface area (Å²) in [6.07, 6.45) is 3.81. The van der Waals surface area contributed by atoms with Crippen LogP contribution in [0.4, 0.5) is 5.69 Å². The third-order valence-corrected chi connectivity index (χ3v) is 6.41. The smallest absolute Gasteiger partial charge is 0.271 e. The fourth-order valence-corrected chi connectivity index (χ4v) is 4.80. The molecule has 0 aliphatic heterocycles. The summed E-state index contributed by atoms with van der Waals surface area (Å²) < 4.78 is 31.7. The number of rotatable bonds is 6. The van der Waals surface area contributed by atoms with Crippen LogP contribution in [0.25, 0.3) is 5.82 Å². The van der Waals surface area contributed by atoms with Crippen LogP contribution in [0.3, 0.4) is 0 Å². The van der Waals surface area contributed by atoms with E-state index in [4.69, 9.17) is 11.6 Å². The molecule has 0 aromatic carbocycles. The van der Waals surface area contributed by atoms with Crippen LogP contribution in [-0.2, 0) is 16.6 Å². The monoisotopic (exact) mass is 386 g/mol. The number of nitrogens with one attached hydrogen (secondary N) is 1. The van der Waals surface area contributed by atoms with Crippen LogP contribution in [-0.4, -0.2) is 33.0 Å². The number of hydrogen-bond acceptors (Lipinski definition) is 6. The minimum Gasteiger partial charge on any atom is -0.273 e. The quantitative estimate of drug-likeness (QED) is 0.702. The summed E-state index contributed by atoms with van der Waals surface area (Å²) in [4.78, 5) is 0. The van der Waals surface area contributed by atoms with Gasteiger partial charge in [-0.3, -0.25) is 14.0 Å². The van der Waals surface area contributed by atoms with Gasteiger partial charge in [-0.2, -0.15) is 5.10 Å². The Labute approximate surface area is 148 Å². The van der Waals surface area contributed by atoms with Crippen molar-refractivity contribution in [1.29, 1.82) is 0 Å². The van der Waals surface area contributed by atoms with Gasteiger partial charge in [0.15, 0.2) is 5.82 Å². The largest absolute Gasteiger partial charge is 0.273 e. The van der Waals surface area contributed by atoms with E-state index in [9.17, 15) is 8.42 Å². The van der Waals surface area contributed by atoms with Crippen molar-refractivity contribution in [1.82, 2.24) is 24.5 Å². The Bertz CT molecular complexity index is 945. The van der Waals surface area contributed by atoms with Crippen molar-refractivity contribution in [3.63, 3.8) is 0 Å². The molecule has 0 bridgehead atoms. The van der Waals surface area contributed by atoms with Gasteiger partial charge in [-0.1, -0.05) is 18.5 Å². The lowest BCUT2D eigenvalue weighted by Crippen LogP contribution is -2.13. The van der Waals surface area contributed by atoms with Gasteiger partial charge < -0.3 is 0 Å². The molecule has 0 aliphatic carbocycles. The fourth-order valence-electron chi connectivity index (χ4n) is 2.20. The Hall–Kier alpha value is -1.91. The molecule has 0 saturated carbocycles. The Morgan fingerprint density at radius 1 is 1.29 bits per heavy atom. The summed E-state index contributed by atoms with van der Waals surface area (Å²) in [5.74, 6) is 0.428. The molecule has 24 heavy (non-hydrogen) atoms. The second-order valence-electron chi connectivity index (χ2n) is 5.04. The molecular formula is C13H15ClN6O2S2. The highest BCUT2D eigenvalue weighted by Crippen LogP contribution is 2.30. The minimum absolute atomic E-state index is 0.143. The van der Waals surface area contributed by atoms with E-state index >= 15 is 0 Å². The predicted molar refractivity (Wildman–Crippen MR) is 92.3 cm³/mol. The van der Waals surface area contributed by atoms with Crippen LogP contribution in [0.15, 0.2) is 29.0 Å². The molecule has 3 rings (SSSR count). The Kier molecular flexibility index (Phi) is 4.61. The lowest BCUT2D eigenvalue weighted by Gasteiger charge is -2.08. The average molecular weight is 387 g/mol. The van der Waals surface area contributed by atoms with Crippen molar-refractivity contribution in [3.05, 3.63) is 34.8 Å². The van der Waals surface area contributed by atoms with Crippen molar-refractivity contribution >= 4 is 38.6 Å². The second kappa shape index (κ2) is 6.54. The van der Waals surface area contributed by atoms with Crippen LogP contribution < -0.4 is 4.72 Å². The number of aryl methyl sites for hydroxylation is 1. The first-order valence-electron chi connectivity index (χ1n) is 7.13. The molecule has 0 radical (unpaired) electrons. The van der Waals surface area contributed by atoms with Gasteiger partial charge in [0.2, 0.25) is 0 Å². The Balaban J connectivity index is 2.06. The van der Waals surface area contributed by atoms with Crippen molar-refractivity contribution in [2.24, 2.45) is 0 Å². The first kappa shape index (κ1) is 16.9. The molecular weight excluding hydrogens is 372 g/mol. The van der Waals surface area contributed by atoms with Gasteiger partial charge in [0.05, 0.1) is 10.0 Å². The molecule has 0 fully saturated rings. The van der Waals surface area contributed by atoms with Gasteiger partial charge in [-0.05, 0) is 25.5 Å². The molecule has 0 saturated heterocycles. The van der Waals surface area contributed by atoms with Crippen molar-refractivity contribution in [2.75, 3.05) is 4.72 Å². The highest BCUT2D eigenvalue weighted by Gasteiger charge is 2.23. The van der Waals surface area contributed by atoms with Crippen LogP contribution in [0.2, 0.25) is 4.34 Å². The highest BCUT2D eigenvalue weighted by atomic mass is 35.5. The van der Waals surface area contributed by atoms with Gasteiger partial charge >= 0.3 is 0 Å². The number of nitrogens with zero attached hydrogens (tertiary/aromatic N) is 5. The summed E-state index contributed by atoms with van der Waals surface area (Å²) in [7, 11) is -3.75. The van der Waals surface area contributed by atoms with E-state index in [-0.39, 0.29) is 4.21 Å². The number of aromatic nitrogens is 5. The number of thiophene rings is 1. The summed E-state index contributed by atoms with van der Waals surface area (Å²) >= 11 is 6.84. The molecule has 3 aromatic heterocycles. The molecule has 0 spiro atoms. The van der Waals surface area contributed by atoms with E-state index in [0.717, 1.165) is 17.8 Å². The molecule has 0 unspecified atom stereocenters. The molecule has 3 heterocycles. The number of halogens is 1. The standard InChI is InChI=1S/C13H15ClN6O2S2/c1-3-6-20-9(2)12(13(17-20)19-7-15-16-8-19)18-24(21,22)11-5-4-10(14)23-11/h4-5,7-8,18H,3,6H2,1-2H3. The van der Waals surface area contributed by atoms with Crippen LogP contribution in [0, 0.1) is 6.92 Å². The summed E-state index contributed by atoms with van der Waals surface area (Å²) in [6, 6.07) is 3.02. The molecule has 3 aromatic rings. The normalized spacial score (nSPS) is 11.8. The highest BCUT2D eigenvalue weighted by molar-refractivity contribution is 7.94. The van der Waals surface area contributed by atoms with Gasteiger partial charge in [-0.15, -0.1) is 21.5 Å². The Morgan fingerprint density at radius 3 is 2.58 bits per heavy atom. The molecule has 1 N–H and O–H groups in total. The lowest BCUT2D eigenvalue weighted by molar-refractivity contribution is 0.583. The number of sulfonamides is 1. The second-order valence-corrected chi connectivity index (χ2v) is 8.66. The van der Waals surface area contributed by atoms with Gasteiger partial charge in [0.25, 0.3) is 10.0 Å². The first-order valence-corrected chi connectivity index (χ1v) is 9.80.